The molecule has 0 bridgehead atoms. The standard InChI is InChI=1S/C18H20N2O4/c1-12-6-13(2)8-14(7-12)20-10-15(24-11-17(20)21)9-19-18(22)16-4-3-5-23-16/h3-8,15H,9-11H2,1-2H3,(H,19,22). The number of nitrogens with one attached hydrogen (secondary N) is 1. The molecule has 0 aliphatic carbocycles. The number of hydrogen-bond acceptors (Lipinski definition) is 4. The minimum Gasteiger partial charge on any atom is -0.459 e. The highest BCUT2D eigenvalue weighted by atomic mass is 16.5. The van der Waals surface area contributed by atoms with Crippen LogP contribution in [0, 0.1) is 13.8 Å². The van der Waals surface area contributed by atoms with Crippen molar-refractivity contribution in [2.75, 3.05) is 24.6 Å². The second-order valence-electron chi connectivity index (χ2n) is 5.97. The third-order valence-electron chi connectivity index (χ3n) is 3.88. The summed E-state index contributed by atoms with van der Waals surface area (Å²) in [6.45, 7) is 4.73. The predicted molar refractivity (Wildman–Crippen MR) is 89.1 cm³/mol. The SMILES string of the molecule is Cc1cc(C)cc(N2CC(CNC(=O)c3ccco3)OCC2=O)c1. The highest BCUT2D eigenvalue weighted by Crippen LogP contribution is 2.21. The molecule has 1 aromatic heterocycles. The number of aryl methyl sites for hydroxylation is 2. The molecule has 1 aliphatic rings. The first-order valence-corrected chi connectivity index (χ1v) is 7.85. The number of ether oxygens (including phenoxy) is 1. The third-order valence-corrected chi connectivity index (χ3v) is 3.88. The van der Waals surface area contributed by atoms with Crippen LogP contribution in [0.5, 0.6) is 0 Å². The Labute approximate surface area is 140 Å². The maximum atomic E-state index is 12.2. The zero-order valence-corrected chi connectivity index (χ0v) is 13.7. The lowest BCUT2D eigenvalue weighted by atomic mass is 10.1. The molecular weight excluding hydrogens is 308 g/mol. The van der Waals surface area contributed by atoms with Gasteiger partial charge in [-0.2, -0.15) is 0 Å². The minimum absolute atomic E-state index is 0.00821. The Morgan fingerprint density at radius 3 is 2.71 bits per heavy atom. The first-order chi connectivity index (χ1) is 11.5. The number of rotatable bonds is 4. The molecule has 2 amide bonds. The van der Waals surface area contributed by atoms with Crippen LogP contribution in [-0.4, -0.2) is 37.6 Å². The molecule has 6 heteroatoms. The molecule has 3 rings (SSSR count). The number of nitrogens with zero attached hydrogens (tertiary/aromatic N) is 1. The summed E-state index contributed by atoms with van der Waals surface area (Å²) in [4.78, 5) is 25.8. The van der Waals surface area contributed by atoms with Gasteiger partial charge in [0.05, 0.1) is 18.9 Å². The molecule has 1 atom stereocenters. The van der Waals surface area contributed by atoms with Crippen LogP contribution in [-0.2, 0) is 9.53 Å². The van der Waals surface area contributed by atoms with Gasteiger partial charge < -0.3 is 19.4 Å². The molecule has 0 radical (unpaired) electrons. The molecule has 1 N–H and O–H groups in total. The van der Waals surface area contributed by atoms with Gasteiger partial charge in [-0.3, -0.25) is 9.59 Å². The molecular formula is C18H20N2O4. The summed E-state index contributed by atoms with van der Waals surface area (Å²) in [5.74, 6) is -0.111. The van der Waals surface area contributed by atoms with Crippen LogP contribution in [0.1, 0.15) is 21.7 Å². The number of carbonyl (C=O) groups is 2. The minimum atomic E-state index is -0.293. The molecule has 6 nitrogen and oxygen atoms in total. The molecule has 2 heterocycles. The Kier molecular flexibility index (Phi) is 4.66. The molecule has 126 valence electrons. The zero-order valence-electron chi connectivity index (χ0n) is 13.7. The Bertz CT molecular complexity index is 719. The van der Waals surface area contributed by atoms with E-state index >= 15 is 0 Å². The smallest absolute Gasteiger partial charge is 0.287 e. The molecule has 2 aromatic rings. The Balaban J connectivity index is 1.65. The van der Waals surface area contributed by atoms with E-state index in [9.17, 15) is 9.59 Å². The normalized spacial score (nSPS) is 17.8. The highest BCUT2D eigenvalue weighted by molar-refractivity contribution is 5.95. The van der Waals surface area contributed by atoms with Gasteiger partial charge in [0, 0.05) is 12.2 Å². The average molecular weight is 328 g/mol. The van der Waals surface area contributed by atoms with Crippen molar-refractivity contribution in [2.24, 2.45) is 0 Å². The highest BCUT2D eigenvalue weighted by Gasteiger charge is 2.28. The van der Waals surface area contributed by atoms with E-state index in [1.54, 1.807) is 17.0 Å². The van der Waals surface area contributed by atoms with Crippen LogP contribution >= 0.6 is 0 Å². The van der Waals surface area contributed by atoms with Crippen molar-refractivity contribution in [1.82, 2.24) is 5.32 Å². The average Bonchev–Trinajstić information content (AvgIpc) is 3.07. The number of hydrogen-bond donors (Lipinski definition) is 1. The maximum absolute atomic E-state index is 12.2. The predicted octanol–water partition coefficient (Wildman–Crippen LogP) is 2.06. The third kappa shape index (κ3) is 3.65. The number of furan rings is 1. The number of anilines is 1. The molecule has 1 unspecified atom stereocenters. The number of amides is 2. The van der Waals surface area contributed by atoms with Crippen LogP contribution in [0.25, 0.3) is 0 Å². The largest absolute Gasteiger partial charge is 0.459 e. The van der Waals surface area contributed by atoms with Crippen LogP contribution in [0.15, 0.2) is 41.0 Å². The van der Waals surface area contributed by atoms with Crippen LogP contribution in [0.4, 0.5) is 5.69 Å². The van der Waals surface area contributed by atoms with Gasteiger partial charge in [-0.25, -0.2) is 0 Å². The van der Waals surface area contributed by atoms with Gasteiger partial charge in [-0.1, -0.05) is 6.07 Å². The first kappa shape index (κ1) is 16.3. The van der Waals surface area contributed by atoms with E-state index in [4.69, 9.17) is 9.15 Å². The lowest BCUT2D eigenvalue weighted by molar-refractivity contribution is -0.129. The van der Waals surface area contributed by atoms with Crippen molar-refractivity contribution in [1.29, 1.82) is 0 Å². The van der Waals surface area contributed by atoms with E-state index in [2.05, 4.69) is 11.4 Å². The first-order valence-electron chi connectivity index (χ1n) is 7.85. The summed E-state index contributed by atoms with van der Waals surface area (Å²) in [5.41, 5.74) is 3.07. The van der Waals surface area contributed by atoms with Crippen molar-refractivity contribution in [3.05, 3.63) is 53.5 Å². The fourth-order valence-corrected chi connectivity index (χ4v) is 2.81. The van der Waals surface area contributed by atoms with Gasteiger partial charge in [0.2, 0.25) is 0 Å². The summed E-state index contributed by atoms with van der Waals surface area (Å²) < 4.78 is 10.6. The monoisotopic (exact) mass is 328 g/mol. The van der Waals surface area contributed by atoms with E-state index in [0.717, 1.165) is 16.8 Å². The Morgan fingerprint density at radius 2 is 2.04 bits per heavy atom. The molecule has 0 saturated carbocycles. The second kappa shape index (κ2) is 6.88. The van der Waals surface area contributed by atoms with E-state index in [1.165, 1.54) is 6.26 Å². The van der Waals surface area contributed by atoms with Crippen molar-refractivity contribution >= 4 is 17.5 Å². The van der Waals surface area contributed by atoms with Crippen molar-refractivity contribution in [3.8, 4) is 0 Å². The zero-order chi connectivity index (χ0) is 17.1. The van der Waals surface area contributed by atoms with Crippen molar-refractivity contribution in [3.63, 3.8) is 0 Å². The van der Waals surface area contributed by atoms with Gasteiger partial charge in [-0.05, 0) is 49.2 Å². The summed E-state index contributed by atoms with van der Waals surface area (Å²) in [5, 5.41) is 2.77. The topological polar surface area (TPSA) is 71.8 Å². The van der Waals surface area contributed by atoms with Crippen LogP contribution < -0.4 is 10.2 Å². The summed E-state index contributed by atoms with van der Waals surface area (Å²) >= 11 is 0. The molecule has 24 heavy (non-hydrogen) atoms. The van der Waals surface area contributed by atoms with Gasteiger partial charge in [0.25, 0.3) is 11.8 Å². The van der Waals surface area contributed by atoms with Crippen LogP contribution in [0.3, 0.4) is 0 Å². The number of benzene rings is 1. The molecule has 1 fully saturated rings. The van der Waals surface area contributed by atoms with Crippen LogP contribution in [0.2, 0.25) is 0 Å². The fourth-order valence-electron chi connectivity index (χ4n) is 2.81. The summed E-state index contributed by atoms with van der Waals surface area (Å²) in [6, 6.07) is 9.29. The molecule has 0 spiro atoms. The van der Waals surface area contributed by atoms with Gasteiger partial charge >= 0.3 is 0 Å². The summed E-state index contributed by atoms with van der Waals surface area (Å²) in [6.07, 6.45) is 1.19. The molecule has 1 aromatic carbocycles. The van der Waals surface area contributed by atoms with Crippen molar-refractivity contribution < 1.29 is 18.7 Å². The molecule has 1 saturated heterocycles. The maximum Gasteiger partial charge on any atom is 0.287 e. The lowest BCUT2D eigenvalue weighted by Gasteiger charge is -2.33. The fraction of sp³-hybridized carbons (Fsp3) is 0.333. The number of carbonyl (C=O) groups excluding carboxylic acids is 2. The molecule has 1 aliphatic heterocycles. The van der Waals surface area contributed by atoms with E-state index in [1.807, 2.05) is 26.0 Å². The summed E-state index contributed by atoms with van der Waals surface area (Å²) in [7, 11) is 0. The second-order valence-corrected chi connectivity index (χ2v) is 5.97. The Hall–Kier alpha value is -2.60. The van der Waals surface area contributed by atoms with Gasteiger partial charge in [0.1, 0.15) is 6.61 Å². The van der Waals surface area contributed by atoms with E-state index in [0.29, 0.717) is 13.1 Å². The van der Waals surface area contributed by atoms with E-state index in [-0.39, 0.29) is 30.3 Å². The lowest BCUT2D eigenvalue weighted by Crippen LogP contribution is -2.50. The Morgan fingerprint density at radius 1 is 1.29 bits per heavy atom. The number of morpholine rings is 1. The van der Waals surface area contributed by atoms with E-state index < -0.39 is 0 Å². The quantitative estimate of drug-likeness (QED) is 0.932. The van der Waals surface area contributed by atoms with Gasteiger partial charge in [-0.15, -0.1) is 0 Å². The van der Waals surface area contributed by atoms with Gasteiger partial charge in [0.15, 0.2) is 5.76 Å². The van der Waals surface area contributed by atoms with Crippen molar-refractivity contribution in [2.45, 2.75) is 20.0 Å².